The molecule has 0 atom stereocenters. The molecule has 2 heterocycles. The van der Waals surface area contributed by atoms with Crippen LogP contribution in [0.3, 0.4) is 0 Å². The number of benzene rings is 2. The van der Waals surface area contributed by atoms with Crippen LogP contribution in [0.5, 0.6) is 11.5 Å². The maximum atomic E-state index is 12.5. The molecular formula is C21H17N3O4. The summed E-state index contributed by atoms with van der Waals surface area (Å²) < 4.78 is 10.6. The zero-order valence-corrected chi connectivity index (χ0v) is 15.1. The van der Waals surface area contributed by atoms with Gasteiger partial charge in [-0.1, -0.05) is 0 Å². The third-order valence-corrected chi connectivity index (χ3v) is 4.20. The molecule has 1 aliphatic rings. The molecule has 0 fully saturated rings. The molecule has 0 saturated carbocycles. The number of ketones is 1. The molecule has 1 aromatic heterocycles. The Morgan fingerprint density at radius 2 is 1.64 bits per heavy atom. The van der Waals surface area contributed by atoms with Crippen molar-refractivity contribution in [3.63, 3.8) is 0 Å². The Morgan fingerprint density at radius 3 is 2.43 bits per heavy atom. The number of hydrogen-bond donors (Lipinski definition) is 2. The van der Waals surface area contributed by atoms with Crippen LogP contribution in [0.25, 0.3) is 0 Å². The molecule has 0 aliphatic carbocycles. The van der Waals surface area contributed by atoms with E-state index < -0.39 is 0 Å². The molecule has 0 saturated heterocycles. The Labute approximate surface area is 161 Å². The first-order chi connectivity index (χ1) is 13.6. The van der Waals surface area contributed by atoms with Gasteiger partial charge in [0.1, 0.15) is 5.69 Å². The standard InChI is InChI=1S/C21H17N3O4/c1-13(25)14-2-4-15(5-3-14)23-17-8-9-22-18(10-17)21(26)24-16-6-7-19-20(11-16)28-12-27-19/h2-11H,12H2,1H3,(H,22,23)(H,24,26). The molecule has 2 N–H and O–H groups in total. The Bertz CT molecular complexity index is 1050. The molecule has 2 aromatic carbocycles. The Balaban J connectivity index is 1.47. The third kappa shape index (κ3) is 3.78. The van der Waals surface area contributed by atoms with Crippen molar-refractivity contribution in [2.45, 2.75) is 6.92 Å². The molecule has 28 heavy (non-hydrogen) atoms. The van der Waals surface area contributed by atoms with Crippen molar-refractivity contribution < 1.29 is 19.1 Å². The van der Waals surface area contributed by atoms with Gasteiger partial charge in [-0.15, -0.1) is 0 Å². The second-order valence-electron chi connectivity index (χ2n) is 6.21. The Morgan fingerprint density at radius 1 is 0.893 bits per heavy atom. The van der Waals surface area contributed by atoms with Crippen LogP contribution in [0.2, 0.25) is 0 Å². The van der Waals surface area contributed by atoms with Crippen molar-refractivity contribution in [2.75, 3.05) is 17.4 Å². The van der Waals surface area contributed by atoms with Crippen LogP contribution in [0.15, 0.2) is 60.8 Å². The van der Waals surface area contributed by atoms with E-state index in [1.54, 1.807) is 48.7 Å². The third-order valence-electron chi connectivity index (χ3n) is 4.20. The fourth-order valence-corrected chi connectivity index (χ4v) is 2.76. The molecule has 140 valence electrons. The summed E-state index contributed by atoms with van der Waals surface area (Å²) in [5, 5.41) is 5.99. The summed E-state index contributed by atoms with van der Waals surface area (Å²) in [4.78, 5) is 28.0. The quantitative estimate of drug-likeness (QED) is 0.655. The maximum absolute atomic E-state index is 12.5. The molecule has 0 radical (unpaired) electrons. The summed E-state index contributed by atoms with van der Waals surface area (Å²) in [5.41, 5.74) is 3.01. The van der Waals surface area contributed by atoms with Crippen molar-refractivity contribution in [3.8, 4) is 11.5 Å². The number of fused-ring (bicyclic) bond motifs is 1. The average Bonchev–Trinajstić information content (AvgIpc) is 3.16. The predicted molar refractivity (Wildman–Crippen MR) is 104 cm³/mol. The molecule has 0 spiro atoms. The van der Waals surface area contributed by atoms with Crippen LogP contribution in [0.1, 0.15) is 27.8 Å². The van der Waals surface area contributed by atoms with Crippen molar-refractivity contribution in [2.24, 2.45) is 0 Å². The maximum Gasteiger partial charge on any atom is 0.274 e. The monoisotopic (exact) mass is 375 g/mol. The zero-order valence-electron chi connectivity index (χ0n) is 15.1. The van der Waals surface area contributed by atoms with Gasteiger partial charge in [0, 0.05) is 34.9 Å². The first-order valence-corrected chi connectivity index (χ1v) is 8.63. The number of pyridine rings is 1. The number of carbonyl (C=O) groups is 2. The summed E-state index contributed by atoms with van der Waals surface area (Å²) in [6, 6.07) is 15.7. The smallest absolute Gasteiger partial charge is 0.274 e. The summed E-state index contributed by atoms with van der Waals surface area (Å²) in [6.07, 6.45) is 1.56. The van der Waals surface area contributed by atoms with Crippen molar-refractivity contribution >= 4 is 28.8 Å². The first kappa shape index (κ1) is 17.5. The minimum atomic E-state index is -0.338. The van der Waals surface area contributed by atoms with Crippen LogP contribution in [0.4, 0.5) is 17.1 Å². The van der Waals surface area contributed by atoms with Gasteiger partial charge in [0.15, 0.2) is 17.3 Å². The minimum absolute atomic E-state index is 0.0120. The number of anilines is 3. The van der Waals surface area contributed by atoms with Gasteiger partial charge in [0.25, 0.3) is 5.91 Å². The lowest BCUT2D eigenvalue weighted by molar-refractivity contribution is 0.101. The molecule has 7 heteroatoms. The fraction of sp³-hybridized carbons (Fsp3) is 0.0952. The second kappa shape index (κ2) is 7.40. The normalized spacial score (nSPS) is 11.8. The SMILES string of the molecule is CC(=O)c1ccc(Nc2ccnc(C(=O)Nc3ccc4c(c3)OCO4)c2)cc1. The van der Waals surface area contributed by atoms with Gasteiger partial charge in [-0.05, 0) is 55.5 Å². The van der Waals surface area contributed by atoms with E-state index in [0.29, 0.717) is 28.4 Å². The van der Waals surface area contributed by atoms with Gasteiger partial charge in [-0.25, -0.2) is 0 Å². The lowest BCUT2D eigenvalue weighted by Gasteiger charge is -2.09. The minimum Gasteiger partial charge on any atom is -0.454 e. The summed E-state index contributed by atoms with van der Waals surface area (Å²) in [6.45, 7) is 1.70. The first-order valence-electron chi connectivity index (χ1n) is 8.63. The lowest BCUT2D eigenvalue weighted by atomic mass is 10.1. The molecule has 1 amide bonds. The van der Waals surface area contributed by atoms with E-state index in [1.165, 1.54) is 6.92 Å². The predicted octanol–water partition coefficient (Wildman–Crippen LogP) is 4.01. The zero-order chi connectivity index (χ0) is 19.5. The van der Waals surface area contributed by atoms with Gasteiger partial charge in [0.2, 0.25) is 6.79 Å². The molecular weight excluding hydrogens is 358 g/mol. The number of amides is 1. The number of nitrogens with one attached hydrogen (secondary N) is 2. The van der Waals surface area contributed by atoms with Gasteiger partial charge in [0.05, 0.1) is 0 Å². The van der Waals surface area contributed by atoms with E-state index >= 15 is 0 Å². The van der Waals surface area contributed by atoms with Crippen molar-refractivity contribution in [3.05, 3.63) is 72.1 Å². The Hall–Kier alpha value is -3.87. The second-order valence-corrected chi connectivity index (χ2v) is 6.21. The van der Waals surface area contributed by atoms with E-state index in [1.807, 2.05) is 12.1 Å². The van der Waals surface area contributed by atoms with Crippen LogP contribution < -0.4 is 20.1 Å². The molecule has 3 aromatic rings. The highest BCUT2D eigenvalue weighted by molar-refractivity contribution is 6.03. The topological polar surface area (TPSA) is 89.6 Å². The number of nitrogens with zero attached hydrogens (tertiary/aromatic N) is 1. The number of carbonyl (C=O) groups excluding carboxylic acids is 2. The number of Topliss-reactive ketones (excluding diaryl/α,β-unsaturated/α-hetero) is 1. The van der Waals surface area contributed by atoms with E-state index in [2.05, 4.69) is 15.6 Å². The number of hydrogen-bond acceptors (Lipinski definition) is 6. The van der Waals surface area contributed by atoms with Gasteiger partial charge in [-0.2, -0.15) is 0 Å². The van der Waals surface area contributed by atoms with Crippen molar-refractivity contribution in [1.29, 1.82) is 0 Å². The number of aromatic nitrogens is 1. The van der Waals surface area contributed by atoms with Gasteiger partial charge in [-0.3, -0.25) is 14.6 Å². The van der Waals surface area contributed by atoms with Crippen LogP contribution >= 0.6 is 0 Å². The number of ether oxygens (including phenoxy) is 2. The van der Waals surface area contributed by atoms with E-state index in [-0.39, 0.29) is 24.2 Å². The molecule has 1 aliphatic heterocycles. The highest BCUT2D eigenvalue weighted by Gasteiger charge is 2.15. The van der Waals surface area contributed by atoms with Crippen molar-refractivity contribution in [1.82, 2.24) is 4.98 Å². The fourth-order valence-electron chi connectivity index (χ4n) is 2.76. The van der Waals surface area contributed by atoms with Crippen LogP contribution in [-0.2, 0) is 0 Å². The molecule has 4 rings (SSSR count). The van der Waals surface area contributed by atoms with Gasteiger partial charge >= 0.3 is 0 Å². The molecule has 0 bridgehead atoms. The van der Waals surface area contributed by atoms with Crippen LogP contribution in [0, 0.1) is 0 Å². The van der Waals surface area contributed by atoms with E-state index in [4.69, 9.17) is 9.47 Å². The lowest BCUT2D eigenvalue weighted by Crippen LogP contribution is -2.13. The highest BCUT2D eigenvalue weighted by Crippen LogP contribution is 2.34. The summed E-state index contributed by atoms with van der Waals surface area (Å²) in [5.74, 6) is 0.917. The van der Waals surface area contributed by atoms with Gasteiger partial charge < -0.3 is 20.1 Å². The molecule has 7 nitrogen and oxygen atoms in total. The summed E-state index contributed by atoms with van der Waals surface area (Å²) in [7, 11) is 0. The largest absolute Gasteiger partial charge is 0.454 e. The van der Waals surface area contributed by atoms with Crippen LogP contribution in [-0.4, -0.2) is 23.5 Å². The van der Waals surface area contributed by atoms with E-state index in [9.17, 15) is 9.59 Å². The average molecular weight is 375 g/mol. The Kier molecular flexibility index (Phi) is 4.63. The van der Waals surface area contributed by atoms with E-state index in [0.717, 1.165) is 5.69 Å². The highest BCUT2D eigenvalue weighted by atomic mass is 16.7. The molecule has 0 unspecified atom stereocenters. The number of rotatable bonds is 5. The summed E-state index contributed by atoms with van der Waals surface area (Å²) >= 11 is 0.